The molecule has 1 fully saturated rings. The molecule has 150 valence electrons. The maximum atomic E-state index is 12.9. The fourth-order valence-corrected chi connectivity index (χ4v) is 3.99. The van der Waals surface area contributed by atoms with Crippen molar-refractivity contribution in [3.63, 3.8) is 0 Å². The van der Waals surface area contributed by atoms with Crippen LogP contribution in [0.2, 0.25) is 0 Å². The number of rotatable bonds is 6. The number of fused-ring (bicyclic) bond motifs is 1. The largest absolute Gasteiger partial charge is 0.481 e. The molecule has 28 heavy (non-hydrogen) atoms. The Balaban J connectivity index is 1.71. The number of aliphatic carboxylic acids is 1. The van der Waals surface area contributed by atoms with Crippen molar-refractivity contribution in [1.82, 2.24) is 14.9 Å². The number of nitrogens with zero attached hydrogens (tertiary/aromatic N) is 2. The average Bonchev–Trinajstić information content (AvgIpc) is 2.68. The van der Waals surface area contributed by atoms with E-state index in [4.69, 9.17) is 5.11 Å². The van der Waals surface area contributed by atoms with Crippen LogP contribution >= 0.6 is 0 Å². The molecule has 0 radical (unpaired) electrons. The van der Waals surface area contributed by atoms with Crippen LogP contribution in [0.25, 0.3) is 10.9 Å². The molecule has 1 aliphatic rings. The van der Waals surface area contributed by atoms with Crippen molar-refractivity contribution >= 4 is 22.8 Å². The molecular formula is C21H27N3O4. The van der Waals surface area contributed by atoms with E-state index in [2.05, 4.69) is 10.3 Å². The first kappa shape index (κ1) is 20.0. The predicted octanol–water partition coefficient (Wildman–Crippen LogP) is 2.60. The topological polar surface area (TPSA) is 101 Å². The van der Waals surface area contributed by atoms with Gasteiger partial charge in [-0.05, 0) is 49.7 Å². The normalized spacial score (nSPS) is 20.8. The van der Waals surface area contributed by atoms with Crippen molar-refractivity contribution in [2.24, 2.45) is 17.8 Å². The number of carbonyl (C=O) groups is 2. The second-order valence-corrected chi connectivity index (χ2v) is 7.96. The summed E-state index contributed by atoms with van der Waals surface area (Å²) in [6.45, 7) is 4.32. The van der Waals surface area contributed by atoms with Gasteiger partial charge in [0.25, 0.3) is 5.56 Å². The van der Waals surface area contributed by atoms with Gasteiger partial charge in [-0.1, -0.05) is 26.0 Å². The van der Waals surface area contributed by atoms with Gasteiger partial charge in [0.05, 0.1) is 23.1 Å². The monoisotopic (exact) mass is 385 g/mol. The molecular weight excluding hydrogens is 358 g/mol. The first-order chi connectivity index (χ1) is 13.4. The van der Waals surface area contributed by atoms with Gasteiger partial charge < -0.3 is 10.4 Å². The van der Waals surface area contributed by atoms with Gasteiger partial charge in [-0.2, -0.15) is 0 Å². The third-order valence-corrected chi connectivity index (χ3v) is 5.65. The molecule has 0 saturated heterocycles. The summed E-state index contributed by atoms with van der Waals surface area (Å²) in [5.41, 5.74) is 0.392. The molecule has 2 N–H and O–H groups in total. The van der Waals surface area contributed by atoms with Crippen LogP contribution < -0.4 is 10.9 Å². The first-order valence-corrected chi connectivity index (χ1v) is 9.85. The minimum atomic E-state index is -0.731. The Morgan fingerprint density at radius 1 is 1.21 bits per heavy atom. The van der Waals surface area contributed by atoms with Gasteiger partial charge in [0.2, 0.25) is 5.91 Å². The van der Waals surface area contributed by atoms with E-state index < -0.39 is 12.0 Å². The Labute approximate surface area is 163 Å². The van der Waals surface area contributed by atoms with Crippen molar-refractivity contribution in [3.05, 3.63) is 40.9 Å². The van der Waals surface area contributed by atoms with E-state index in [-0.39, 0.29) is 29.2 Å². The predicted molar refractivity (Wildman–Crippen MR) is 106 cm³/mol. The van der Waals surface area contributed by atoms with Gasteiger partial charge in [-0.15, -0.1) is 0 Å². The average molecular weight is 385 g/mol. The number of hydrogen-bond donors (Lipinski definition) is 2. The highest BCUT2D eigenvalue weighted by Crippen LogP contribution is 2.28. The highest BCUT2D eigenvalue weighted by molar-refractivity contribution is 5.82. The highest BCUT2D eigenvalue weighted by Gasteiger charge is 2.29. The van der Waals surface area contributed by atoms with Crippen molar-refractivity contribution in [2.45, 2.75) is 45.6 Å². The summed E-state index contributed by atoms with van der Waals surface area (Å²) < 4.78 is 1.42. The molecule has 7 nitrogen and oxygen atoms in total. The zero-order chi connectivity index (χ0) is 20.3. The summed E-state index contributed by atoms with van der Waals surface area (Å²) in [5.74, 6) is -1.00. The number of benzene rings is 1. The SMILES string of the molecule is CC(C)C(C(=O)NCC1CCC(C(=O)O)CC1)n1cnc2ccccc2c1=O. The summed E-state index contributed by atoms with van der Waals surface area (Å²) >= 11 is 0. The highest BCUT2D eigenvalue weighted by atomic mass is 16.4. The molecule has 3 rings (SSSR count). The second kappa shape index (κ2) is 8.54. The molecule has 0 bridgehead atoms. The van der Waals surface area contributed by atoms with Crippen molar-refractivity contribution in [1.29, 1.82) is 0 Å². The number of carbonyl (C=O) groups excluding carboxylic acids is 1. The van der Waals surface area contributed by atoms with Crippen LogP contribution in [-0.4, -0.2) is 33.1 Å². The quantitative estimate of drug-likeness (QED) is 0.796. The molecule has 1 aromatic carbocycles. The number of aromatic nitrogens is 2. The summed E-state index contributed by atoms with van der Waals surface area (Å²) in [7, 11) is 0. The lowest BCUT2D eigenvalue weighted by molar-refractivity contribution is -0.143. The van der Waals surface area contributed by atoms with Crippen LogP contribution in [0.1, 0.15) is 45.6 Å². The van der Waals surface area contributed by atoms with Crippen LogP contribution in [-0.2, 0) is 9.59 Å². The molecule has 1 saturated carbocycles. The van der Waals surface area contributed by atoms with E-state index in [0.717, 1.165) is 12.8 Å². The molecule has 0 spiro atoms. The molecule has 0 aliphatic heterocycles. The van der Waals surface area contributed by atoms with E-state index in [1.807, 2.05) is 19.9 Å². The fourth-order valence-electron chi connectivity index (χ4n) is 3.99. The van der Waals surface area contributed by atoms with E-state index in [1.165, 1.54) is 10.9 Å². The number of carboxylic acids is 1. The Hall–Kier alpha value is -2.70. The van der Waals surface area contributed by atoms with Gasteiger partial charge >= 0.3 is 5.97 Å². The van der Waals surface area contributed by atoms with Crippen molar-refractivity contribution in [2.75, 3.05) is 6.54 Å². The maximum absolute atomic E-state index is 12.9. The molecule has 7 heteroatoms. The molecule has 1 atom stereocenters. The lowest BCUT2D eigenvalue weighted by Gasteiger charge is -2.28. The zero-order valence-corrected chi connectivity index (χ0v) is 16.3. The minimum Gasteiger partial charge on any atom is -0.481 e. The molecule has 1 heterocycles. The van der Waals surface area contributed by atoms with Gasteiger partial charge in [0, 0.05) is 6.54 Å². The minimum absolute atomic E-state index is 0.0802. The Morgan fingerprint density at radius 2 is 1.89 bits per heavy atom. The van der Waals surface area contributed by atoms with E-state index in [0.29, 0.717) is 30.3 Å². The van der Waals surface area contributed by atoms with Crippen LogP contribution in [0.5, 0.6) is 0 Å². The zero-order valence-electron chi connectivity index (χ0n) is 16.3. The molecule has 1 aliphatic carbocycles. The lowest BCUT2D eigenvalue weighted by Crippen LogP contribution is -2.42. The molecule has 1 unspecified atom stereocenters. The van der Waals surface area contributed by atoms with Gasteiger partial charge in [0.1, 0.15) is 6.04 Å². The maximum Gasteiger partial charge on any atom is 0.306 e. The summed E-state index contributed by atoms with van der Waals surface area (Å²) in [5, 5.41) is 12.6. The molecule has 1 amide bonds. The number of carboxylic acid groups (broad SMARTS) is 1. The van der Waals surface area contributed by atoms with Gasteiger partial charge in [-0.3, -0.25) is 19.0 Å². The second-order valence-electron chi connectivity index (χ2n) is 7.96. The van der Waals surface area contributed by atoms with Gasteiger partial charge in [-0.25, -0.2) is 4.98 Å². The third kappa shape index (κ3) is 4.24. The Bertz CT molecular complexity index is 913. The van der Waals surface area contributed by atoms with E-state index >= 15 is 0 Å². The molecule has 2 aromatic rings. The summed E-state index contributed by atoms with van der Waals surface area (Å²) in [6, 6.07) is 6.47. The third-order valence-electron chi connectivity index (χ3n) is 5.65. The molecule has 1 aromatic heterocycles. The van der Waals surface area contributed by atoms with E-state index in [9.17, 15) is 14.4 Å². The van der Waals surface area contributed by atoms with Crippen molar-refractivity contribution < 1.29 is 14.7 Å². The fraction of sp³-hybridized carbons (Fsp3) is 0.524. The summed E-state index contributed by atoms with van der Waals surface area (Å²) in [4.78, 5) is 41.2. The van der Waals surface area contributed by atoms with Crippen LogP contribution in [0, 0.1) is 17.8 Å². The standard InChI is InChI=1S/C21H27N3O4/c1-13(2)18(24-12-23-17-6-4-3-5-16(17)20(24)26)19(25)22-11-14-7-9-15(10-8-14)21(27)28/h3-6,12-15,18H,7-11H2,1-2H3,(H,22,25)(H,27,28). The number of amides is 1. The van der Waals surface area contributed by atoms with Crippen molar-refractivity contribution in [3.8, 4) is 0 Å². The Kier molecular flexibility index (Phi) is 6.11. The van der Waals surface area contributed by atoms with Gasteiger partial charge in [0.15, 0.2) is 0 Å². The lowest BCUT2D eigenvalue weighted by atomic mass is 9.82. The smallest absolute Gasteiger partial charge is 0.306 e. The van der Waals surface area contributed by atoms with E-state index in [1.54, 1.807) is 18.2 Å². The van der Waals surface area contributed by atoms with Crippen LogP contribution in [0.15, 0.2) is 35.4 Å². The number of para-hydroxylation sites is 1. The van der Waals surface area contributed by atoms with Crippen LogP contribution in [0.3, 0.4) is 0 Å². The summed E-state index contributed by atoms with van der Waals surface area (Å²) in [6.07, 6.45) is 4.34. The Morgan fingerprint density at radius 3 is 2.54 bits per heavy atom. The first-order valence-electron chi connectivity index (χ1n) is 9.85. The van der Waals surface area contributed by atoms with Crippen LogP contribution in [0.4, 0.5) is 0 Å². The number of nitrogens with one attached hydrogen (secondary N) is 1. The number of hydrogen-bond acceptors (Lipinski definition) is 4.